The Labute approximate surface area is 135 Å². The maximum atomic E-state index is 11.4. The molecule has 0 aliphatic carbocycles. The van der Waals surface area contributed by atoms with Gasteiger partial charge in [0.05, 0.1) is 0 Å². The topological polar surface area (TPSA) is 46.2 Å². The summed E-state index contributed by atoms with van der Waals surface area (Å²) in [7, 11) is 0. The Kier molecular flexibility index (Phi) is 14.7. The van der Waals surface area contributed by atoms with Crippen molar-refractivity contribution < 1.29 is 9.59 Å². The molecule has 4 heteroatoms. The van der Waals surface area contributed by atoms with Gasteiger partial charge in [-0.2, -0.15) is 0 Å². The molecule has 0 aromatic rings. The molecule has 0 spiro atoms. The number of amides is 1. The van der Waals surface area contributed by atoms with E-state index in [0.717, 1.165) is 12.8 Å². The zero-order valence-electron chi connectivity index (χ0n) is 12.8. The van der Waals surface area contributed by atoms with Crippen LogP contribution in [0.3, 0.4) is 0 Å². The van der Waals surface area contributed by atoms with Crippen molar-refractivity contribution in [2.75, 3.05) is 6.54 Å². The summed E-state index contributed by atoms with van der Waals surface area (Å²) < 4.78 is 0.267. The fraction of sp³-hybridized carbons (Fsp3) is 0.867. The number of rotatable bonds is 13. The van der Waals surface area contributed by atoms with E-state index >= 15 is 0 Å². The number of carbonyl (C=O) groups is 2. The van der Waals surface area contributed by atoms with Gasteiger partial charge in [-0.25, -0.2) is 0 Å². The van der Waals surface area contributed by atoms with E-state index < -0.39 is 0 Å². The molecule has 0 rings (SSSR count). The summed E-state index contributed by atoms with van der Waals surface area (Å²) >= 11 is 0.593. The third-order valence-corrected chi connectivity index (χ3v) is 3.81. The van der Waals surface area contributed by atoms with Crippen LogP contribution in [-0.4, -0.2) is 43.4 Å². The van der Waals surface area contributed by atoms with E-state index in [9.17, 15) is 9.59 Å². The van der Waals surface area contributed by atoms with Gasteiger partial charge in [0.15, 0.2) is 0 Å². The van der Waals surface area contributed by atoms with Crippen molar-refractivity contribution in [2.24, 2.45) is 0 Å². The number of carbonyl (C=O) groups excluding carboxylic acids is 2. The first-order chi connectivity index (χ1) is 9.16. The predicted octanol–water partition coefficient (Wildman–Crippen LogP) is 3.11. The Morgan fingerprint density at radius 1 is 0.842 bits per heavy atom. The summed E-state index contributed by atoms with van der Waals surface area (Å²) in [5.41, 5.74) is 0. The van der Waals surface area contributed by atoms with E-state index in [1.165, 1.54) is 44.9 Å². The molecule has 0 saturated heterocycles. The number of hydrogen-bond acceptors (Lipinski definition) is 2. The van der Waals surface area contributed by atoms with E-state index in [4.69, 9.17) is 0 Å². The summed E-state index contributed by atoms with van der Waals surface area (Å²) in [6.07, 6.45) is 12.6. The van der Waals surface area contributed by atoms with Gasteiger partial charge in [0, 0.05) is 0 Å². The predicted molar refractivity (Wildman–Crippen MR) is 80.2 cm³/mol. The van der Waals surface area contributed by atoms with Crippen LogP contribution in [0.1, 0.15) is 77.6 Å². The average Bonchev–Trinajstić information content (AvgIpc) is 2.36. The standard InChI is InChI=1S/C15H28NO2.Na/c1-2-3-4-5-6-7-8-9-10-12-15(18)16-13-11-14-17;/h2-13H2,1H3,(H,16,18);. The van der Waals surface area contributed by atoms with Gasteiger partial charge in [-0.3, -0.25) is 0 Å². The van der Waals surface area contributed by atoms with Gasteiger partial charge in [0.25, 0.3) is 0 Å². The van der Waals surface area contributed by atoms with E-state index in [1.54, 1.807) is 0 Å². The molecule has 3 nitrogen and oxygen atoms in total. The molecule has 0 saturated carbocycles. The normalized spacial score (nSPS) is 10.5. The molecule has 0 bridgehead atoms. The Morgan fingerprint density at radius 2 is 1.37 bits per heavy atom. The summed E-state index contributed by atoms with van der Waals surface area (Å²) in [5, 5.41) is 2.80. The summed E-state index contributed by atoms with van der Waals surface area (Å²) in [6, 6.07) is 0. The van der Waals surface area contributed by atoms with Crippen molar-refractivity contribution in [3.63, 3.8) is 0 Å². The molecule has 0 aromatic carbocycles. The fourth-order valence-electron chi connectivity index (χ4n) is 2.06. The van der Waals surface area contributed by atoms with Crippen molar-refractivity contribution in [3.05, 3.63) is 0 Å². The molecule has 0 unspecified atom stereocenters. The molecule has 0 heterocycles. The molecule has 106 valence electrons. The Bertz CT molecular complexity index is 244. The Morgan fingerprint density at radius 3 is 1.89 bits per heavy atom. The van der Waals surface area contributed by atoms with Gasteiger partial charge >= 0.3 is 110 Å². The van der Waals surface area contributed by atoms with Gasteiger partial charge in [0.2, 0.25) is 0 Å². The maximum absolute atomic E-state index is 11.4. The van der Waals surface area contributed by atoms with Crippen LogP contribution in [0.15, 0.2) is 0 Å². The van der Waals surface area contributed by atoms with Crippen LogP contribution in [-0.2, 0) is 9.59 Å². The van der Waals surface area contributed by atoms with E-state index in [1.807, 2.05) is 0 Å². The van der Waals surface area contributed by atoms with Crippen molar-refractivity contribution in [1.82, 2.24) is 5.32 Å². The number of hydrogen-bond donors (Lipinski definition) is 1. The third-order valence-electron chi connectivity index (χ3n) is 3.31. The molecule has 0 aliphatic rings. The zero-order chi connectivity index (χ0) is 14.3. The van der Waals surface area contributed by atoms with Gasteiger partial charge in [-0.05, 0) is 0 Å². The van der Waals surface area contributed by atoms with Crippen LogP contribution in [0.4, 0.5) is 0 Å². The van der Waals surface area contributed by atoms with Crippen molar-refractivity contribution in [3.8, 4) is 0 Å². The molecule has 0 radical (unpaired) electrons. The van der Waals surface area contributed by atoms with E-state index in [0.29, 0.717) is 47.3 Å². The molecule has 0 aromatic heterocycles. The van der Waals surface area contributed by atoms with Gasteiger partial charge in [0.1, 0.15) is 0 Å². The molecule has 0 atom stereocenters. The average molecular weight is 277 g/mol. The minimum absolute atomic E-state index is 0.103. The third kappa shape index (κ3) is 16.1. The number of nitrogens with one attached hydrogen (secondary N) is 1. The van der Waals surface area contributed by atoms with E-state index in [-0.39, 0.29) is 8.94 Å². The Hall–Kier alpha value is 0.140. The molecule has 0 fully saturated rings. The summed E-state index contributed by atoms with van der Waals surface area (Å²) in [5.74, 6) is 0.103. The monoisotopic (exact) mass is 277 g/mol. The first-order valence-electron chi connectivity index (χ1n) is 7.93. The molecule has 1 amide bonds. The van der Waals surface area contributed by atoms with E-state index in [2.05, 4.69) is 12.2 Å². The molecule has 1 N–H and O–H groups in total. The van der Waals surface area contributed by atoms with Gasteiger partial charge in [-0.15, -0.1) is 0 Å². The first kappa shape index (κ1) is 19.1. The van der Waals surface area contributed by atoms with Gasteiger partial charge < -0.3 is 0 Å². The van der Waals surface area contributed by atoms with Crippen LogP contribution in [0.25, 0.3) is 0 Å². The second kappa shape index (κ2) is 14.5. The second-order valence-electron chi connectivity index (χ2n) is 5.38. The van der Waals surface area contributed by atoms with Crippen molar-refractivity contribution in [2.45, 2.75) is 77.6 Å². The first-order valence-corrected chi connectivity index (χ1v) is 8.93. The van der Waals surface area contributed by atoms with Crippen LogP contribution in [0.2, 0.25) is 0 Å². The van der Waals surface area contributed by atoms with Crippen molar-refractivity contribution >= 4 is 36.9 Å². The second-order valence-corrected chi connectivity index (χ2v) is 6.50. The SMILES string of the molecule is CCCCCCCCCCCC(=O)NCC[C](=O)[Na]. The quantitative estimate of drug-likeness (QED) is 0.415. The van der Waals surface area contributed by atoms with Gasteiger partial charge in [-0.1, -0.05) is 26.2 Å². The zero-order valence-corrected chi connectivity index (χ0v) is 14.8. The van der Waals surface area contributed by atoms with Crippen LogP contribution in [0.5, 0.6) is 0 Å². The molecule has 0 aliphatic heterocycles. The summed E-state index contributed by atoms with van der Waals surface area (Å²) in [6.45, 7) is 2.77. The molecule has 19 heavy (non-hydrogen) atoms. The molecular weight excluding hydrogens is 249 g/mol. The number of unbranched alkanes of at least 4 members (excludes halogenated alkanes) is 8. The fourth-order valence-corrected chi connectivity index (χ4v) is 2.31. The van der Waals surface area contributed by atoms with Crippen LogP contribution in [0, 0.1) is 0 Å². The van der Waals surface area contributed by atoms with Crippen LogP contribution >= 0.6 is 0 Å². The van der Waals surface area contributed by atoms with Crippen LogP contribution < -0.4 is 5.32 Å². The molecular formula is C15H28NNaO2. The minimum atomic E-state index is 0.103. The summed E-state index contributed by atoms with van der Waals surface area (Å²) in [4.78, 5) is 22.2. The van der Waals surface area contributed by atoms with Crippen molar-refractivity contribution in [1.29, 1.82) is 0 Å². The Balaban J connectivity index is 3.16.